The Morgan fingerprint density at radius 3 is 2.44 bits per heavy atom. The largest absolute Gasteiger partial charge is 0.384 e. The van der Waals surface area contributed by atoms with Crippen molar-refractivity contribution in [1.29, 1.82) is 0 Å². The van der Waals surface area contributed by atoms with Crippen molar-refractivity contribution in [1.82, 2.24) is 0 Å². The highest BCUT2D eigenvalue weighted by atomic mass is 19.1. The quantitative estimate of drug-likeness (QED) is 0.898. The van der Waals surface area contributed by atoms with Crippen LogP contribution in [0.1, 0.15) is 22.8 Å². The molecule has 0 heterocycles. The molecule has 0 saturated carbocycles. The highest BCUT2D eigenvalue weighted by Crippen LogP contribution is 2.25. The predicted octanol–water partition coefficient (Wildman–Crippen LogP) is 3.05. The van der Waals surface area contributed by atoms with Crippen molar-refractivity contribution < 1.29 is 14.2 Å². The number of benzene rings is 2. The Labute approximate surface area is 106 Å². The lowest BCUT2D eigenvalue weighted by atomic mass is 9.97. The van der Waals surface area contributed by atoms with Crippen molar-refractivity contribution in [2.45, 2.75) is 12.7 Å². The molecule has 1 unspecified atom stereocenters. The lowest BCUT2D eigenvalue weighted by Gasteiger charge is -2.15. The maximum absolute atomic E-state index is 12.9. The van der Waals surface area contributed by atoms with Crippen LogP contribution < -0.4 is 0 Å². The number of hydrogen-bond donors (Lipinski definition) is 1. The third-order valence-corrected chi connectivity index (χ3v) is 2.84. The van der Waals surface area contributed by atoms with Gasteiger partial charge in [0.05, 0.1) is 6.61 Å². The van der Waals surface area contributed by atoms with Gasteiger partial charge < -0.3 is 9.84 Å². The second-order valence-electron chi connectivity index (χ2n) is 4.09. The fraction of sp³-hybridized carbons (Fsp3) is 0.200. The van der Waals surface area contributed by atoms with Crippen LogP contribution in [0.15, 0.2) is 48.5 Å². The first-order chi connectivity index (χ1) is 8.72. The highest BCUT2D eigenvalue weighted by Gasteiger charge is 2.13. The monoisotopic (exact) mass is 246 g/mol. The topological polar surface area (TPSA) is 29.5 Å². The lowest BCUT2D eigenvalue weighted by molar-refractivity contribution is 0.176. The molecule has 18 heavy (non-hydrogen) atoms. The first kappa shape index (κ1) is 12.7. The van der Waals surface area contributed by atoms with E-state index >= 15 is 0 Å². The Morgan fingerprint density at radius 1 is 1.11 bits per heavy atom. The van der Waals surface area contributed by atoms with Crippen LogP contribution in [0.5, 0.6) is 0 Å². The molecule has 0 saturated heterocycles. The van der Waals surface area contributed by atoms with Crippen LogP contribution in [0.25, 0.3) is 0 Å². The van der Waals surface area contributed by atoms with Gasteiger partial charge in [0.2, 0.25) is 0 Å². The van der Waals surface area contributed by atoms with Gasteiger partial charge >= 0.3 is 0 Å². The fourth-order valence-electron chi connectivity index (χ4n) is 1.91. The van der Waals surface area contributed by atoms with Gasteiger partial charge in [-0.05, 0) is 28.8 Å². The van der Waals surface area contributed by atoms with E-state index < -0.39 is 6.10 Å². The van der Waals surface area contributed by atoms with Gasteiger partial charge in [-0.2, -0.15) is 0 Å². The Morgan fingerprint density at radius 2 is 1.78 bits per heavy atom. The van der Waals surface area contributed by atoms with Gasteiger partial charge in [-0.15, -0.1) is 0 Å². The van der Waals surface area contributed by atoms with E-state index in [0.717, 1.165) is 11.1 Å². The molecule has 0 aliphatic heterocycles. The van der Waals surface area contributed by atoms with E-state index in [1.54, 1.807) is 19.2 Å². The molecule has 2 aromatic rings. The van der Waals surface area contributed by atoms with Gasteiger partial charge in [0, 0.05) is 7.11 Å². The summed E-state index contributed by atoms with van der Waals surface area (Å²) in [6.07, 6.45) is -0.767. The van der Waals surface area contributed by atoms with E-state index in [1.807, 2.05) is 24.3 Å². The van der Waals surface area contributed by atoms with E-state index in [2.05, 4.69) is 0 Å². The van der Waals surface area contributed by atoms with E-state index in [9.17, 15) is 9.50 Å². The van der Waals surface area contributed by atoms with Crippen LogP contribution in [-0.2, 0) is 11.3 Å². The number of ether oxygens (including phenoxy) is 1. The Bertz CT molecular complexity index is 508. The minimum atomic E-state index is -0.767. The molecule has 0 amide bonds. The molecule has 0 radical (unpaired) electrons. The van der Waals surface area contributed by atoms with Crippen molar-refractivity contribution >= 4 is 0 Å². The molecule has 1 N–H and O–H groups in total. The van der Waals surface area contributed by atoms with E-state index in [1.165, 1.54) is 12.1 Å². The average Bonchev–Trinajstić information content (AvgIpc) is 2.40. The molecule has 2 aromatic carbocycles. The number of hydrogen-bond acceptors (Lipinski definition) is 2. The maximum atomic E-state index is 12.9. The summed E-state index contributed by atoms with van der Waals surface area (Å²) in [6, 6.07) is 13.4. The minimum absolute atomic E-state index is 0.309. The van der Waals surface area contributed by atoms with Crippen LogP contribution >= 0.6 is 0 Å². The standard InChI is InChI=1S/C15H15FO2/c1-18-10-12-4-2-3-5-14(12)15(17)11-6-8-13(16)9-7-11/h2-9,15,17H,10H2,1H3. The average molecular weight is 246 g/mol. The van der Waals surface area contributed by atoms with Crippen molar-refractivity contribution in [2.75, 3.05) is 7.11 Å². The predicted molar refractivity (Wildman–Crippen MR) is 67.6 cm³/mol. The summed E-state index contributed by atoms with van der Waals surface area (Å²) in [4.78, 5) is 0. The zero-order valence-corrected chi connectivity index (χ0v) is 10.1. The van der Waals surface area contributed by atoms with Crippen LogP contribution in [-0.4, -0.2) is 12.2 Å². The molecule has 0 aliphatic rings. The second-order valence-corrected chi connectivity index (χ2v) is 4.09. The third-order valence-electron chi connectivity index (χ3n) is 2.84. The number of methoxy groups -OCH3 is 1. The molecule has 0 spiro atoms. The van der Waals surface area contributed by atoms with Gasteiger partial charge in [0.25, 0.3) is 0 Å². The Kier molecular flexibility index (Phi) is 4.07. The third kappa shape index (κ3) is 2.75. The SMILES string of the molecule is COCc1ccccc1C(O)c1ccc(F)cc1. The zero-order valence-electron chi connectivity index (χ0n) is 10.1. The molecule has 2 rings (SSSR count). The van der Waals surface area contributed by atoms with Crippen LogP contribution in [0.2, 0.25) is 0 Å². The van der Waals surface area contributed by atoms with Gasteiger partial charge in [0.15, 0.2) is 0 Å². The lowest BCUT2D eigenvalue weighted by Crippen LogP contribution is -2.04. The molecular formula is C15H15FO2. The summed E-state index contributed by atoms with van der Waals surface area (Å²) in [5.41, 5.74) is 2.38. The molecule has 2 nitrogen and oxygen atoms in total. The van der Waals surface area contributed by atoms with Gasteiger partial charge in [-0.1, -0.05) is 36.4 Å². The van der Waals surface area contributed by atoms with Crippen LogP contribution in [0, 0.1) is 5.82 Å². The van der Waals surface area contributed by atoms with Crippen molar-refractivity contribution in [3.05, 3.63) is 71.0 Å². The van der Waals surface area contributed by atoms with Crippen molar-refractivity contribution in [3.63, 3.8) is 0 Å². The zero-order chi connectivity index (χ0) is 13.0. The summed E-state index contributed by atoms with van der Waals surface area (Å²) in [6.45, 7) is 0.439. The summed E-state index contributed by atoms with van der Waals surface area (Å²) in [7, 11) is 1.61. The van der Waals surface area contributed by atoms with Gasteiger partial charge in [0.1, 0.15) is 11.9 Å². The Hall–Kier alpha value is -1.71. The smallest absolute Gasteiger partial charge is 0.123 e. The molecule has 94 valence electrons. The van der Waals surface area contributed by atoms with Crippen molar-refractivity contribution in [2.24, 2.45) is 0 Å². The summed E-state index contributed by atoms with van der Waals surface area (Å²) < 4.78 is 18.0. The van der Waals surface area contributed by atoms with Gasteiger partial charge in [-0.3, -0.25) is 0 Å². The van der Waals surface area contributed by atoms with Crippen LogP contribution in [0.3, 0.4) is 0 Å². The molecule has 1 atom stereocenters. The van der Waals surface area contributed by atoms with Gasteiger partial charge in [-0.25, -0.2) is 4.39 Å². The normalized spacial score (nSPS) is 12.4. The maximum Gasteiger partial charge on any atom is 0.123 e. The highest BCUT2D eigenvalue weighted by molar-refractivity contribution is 5.35. The molecule has 0 aliphatic carbocycles. The number of aliphatic hydroxyl groups is 1. The molecule has 0 fully saturated rings. The number of aliphatic hydroxyl groups excluding tert-OH is 1. The van der Waals surface area contributed by atoms with E-state index in [0.29, 0.717) is 12.2 Å². The molecule has 0 aromatic heterocycles. The fourth-order valence-corrected chi connectivity index (χ4v) is 1.91. The first-order valence-electron chi connectivity index (χ1n) is 5.72. The summed E-state index contributed by atoms with van der Waals surface area (Å²) >= 11 is 0. The molecule has 0 bridgehead atoms. The molecule has 3 heteroatoms. The van der Waals surface area contributed by atoms with E-state index in [-0.39, 0.29) is 5.82 Å². The minimum Gasteiger partial charge on any atom is -0.384 e. The number of rotatable bonds is 4. The van der Waals surface area contributed by atoms with Crippen molar-refractivity contribution in [3.8, 4) is 0 Å². The first-order valence-corrected chi connectivity index (χ1v) is 5.72. The Balaban J connectivity index is 2.33. The van der Waals surface area contributed by atoms with Crippen LogP contribution in [0.4, 0.5) is 4.39 Å². The summed E-state index contributed by atoms with van der Waals surface area (Å²) in [5.74, 6) is -0.309. The second kappa shape index (κ2) is 5.76. The number of halogens is 1. The summed E-state index contributed by atoms with van der Waals surface area (Å²) in [5, 5.41) is 10.3. The van der Waals surface area contributed by atoms with E-state index in [4.69, 9.17) is 4.74 Å². The molecular weight excluding hydrogens is 231 g/mol.